The quantitative estimate of drug-likeness (QED) is 0.470. The van der Waals surface area contributed by atoms with E-state index in [0.29, 0.717) is 23.4 Å². The predicted octanol–water partition coefficient (Wildman–Crippen LogP) is 4.22. The highest BCUT2D eigenvalue weighted by molar-refractivity contribution is 6.00. The smallest absolute Gasteiger partial charge is 0.251 e. The van der Waals surface area contributed by atoms with Gasteiger partial charge in [0.25, 0.3) is 5.91 Å². The number of amides is 1. The zero-order valence-corrected chi connectivity index (χ0v) is 16.8. The average Bonchev–Trinajstić information content (AvgIpc) is 3.44. The van der Waals surface area contributed by atoms with Crippen molar-refractivity contribution in [1.82, 2.24) is 25.2 Å². The molecule has 0 bridgehead atoms. The summed E-state index contributed by atoms with van der Waals surface area (Å²) in [6, 6.07) is 19.0. The van der Waals surface area contributed by atoms with Crippen LogP contribution >= 0.6 is 0 Å². The van der Waals surface area contributed by atoms with Crippen LogP contribution in [0.15, 0.2) is 83.8 Å². The summed E-state index contributed by atoms with van der Waals surface area (Å²) in [7, 11) is 1.88. The molecule has 5 aromatic rings. The van der Waals surface area contributed by atoms with Crippen LogP contribution in [0.3, 0.4) is 0 Å². The Kier molecular flexibility index (Phi) is 4.76. The van der Waals surface area contributed by atoms with Gasteiger partial charge in [0.15, 0.2) is 5.76 Å². The number of pyridine rings is 1. The van der Waals surface area contributed by atoms with E-state index in [4.69, 9.17) is 4.52 Å². The second kappa shape index (κ2) is 7.87. The fourth-order valence-corrected chi connectivity index (χ4v) is 3.55. The van der Waals surface area contributed by atoms with E-state index in [-0.39, 0.29) is 5.91 Å². The monoisotopic (exact) mass is 409 g/mol. The zero-order valence-electron chi connectivity index (χ0n) is 16.8. The number of nitrogens with zero attached hydrogens (tertiary/aromatic N) is 4. The van der Waals surface area contributed by atoms with Crippen LogP contribution in [-0.4, -0.2) is 25.8 Å². The molecule has 7 heteroatoms. The third-order valence-electron chi connectivity index (χ3n) is 5.14. The molecule has 152 valence electrons. The number of aryl methyl sites for hydroxylation is 1. The molecule has 0 aliphatic heterocycles. The first-order valence-electron chi connectivity index (χ1n) is 9.84. The van der Waals surface area contributed by atoms with Gasteiger partial charge < -0.3 is 9.84 Å². The van der Waals surface area contributed by atoms with E-state index < -0.39 is 0 Å². The molecule has 0 atom stereocenters. The number of rotatable bonds is 5. The summed E-state index contributed by atoms with van der Waals surface area (Å²) >= 11 is 0. The number of fused-ring (bicyclic) bond motifs is 1. The number of benzene rings is 2. The summed E-state index contributed by atoms with van der Waals surface area (Å²) in [5.41, 5.74) is 4.99. The third kappa shape index (κ3) is 3.69. The number of nitrogens with one attached hydrogen (secondary N) is 1. The largest absolute Gasteiger partial charge is 0.355 e. The van der Waals surface area contributed by atoms with Gasteiger partial charge in [-0.2, -0.15) is 5.10 Å². The number of hydrogen-bond donors (Lipinski definition) is 1. The van der Waals surface area contributed by atoms with Gasteiger partial charge in [-0.05, 0) is 35.9 Å². The van der Waals surface area contributed by atoms with Gasteiger partial charge in [-0.15, -0.1) is 0 Å². The Hall–Kier alpha value is -4.26. The molecule has 3 heterocycles. The van der Waals surface area contributed by atoms with Gasteiger partial charge in [-0.1, -0.05) is 35.5 Å². The van der Waals surface area contributed by atoms with Crippen LogP contribution in [-0.2, 0) is 13.6 Å². The lowest BCUT2D eigenvalue weighted by molar-refractivity contribution is 0.0951. The van der Waals surface area contributed by atoms with Crippen molar-refractivity contribution in [3.8, 4) is 22.6 Å². The molecule has 1 N–H and O–H groups in total. The Morgan fingerprint density at radius 2 is 1.90 bits per heavy atom. The van der Waals surface area contributed by atoms with Crippen molar-refractivity contribution in [1.29, 1.82) is 0 Å². The summed E-state index contributed by atoms with van der Waals surface area (Å²) in [5, 5.41) is 12.1. The third-order valence-corrected chi connectivity index (χ3v) is 5.14. The van der Waals surface area contributed by atoms with Gasteiger partial charge in [0.1, 0.15) is 5.52 Å². The molecule has 0 aliphatic rings. The van der Waals surface area contributed by atoms with Crippen LogP contribution < -0.4 is 5.32 Å². The minimum Gasteiger partial charge on any atom is -0.355 e. The average molecular weight is 409 g/mol. The van der Waals surface area contributed by atoms with E-state index in [1.54, 1.807) is 35.4 Å². The van der Waals surface area contributed by atoms with Crippen molar-refractivity contribution >= 4 is 16.8 Å². The van der Waals surface area contributed by atoms with Gasteiger partial charge in [-0.25, -0.2) is 0 Å². The van der Waals surface area contributed by atoms with E-state index in [0.717, 1.165) is 27.8 Å². The lowest BCUT2D eigenvalue weighted by Gasteiger charge is -2.08. The maximum absolute atomic E-state index is 12.8. The molecule has 0 radical (unpaired) electrons. The molecule has 7 nitrogen and oxygen atoms in total. The van der Waals surface area contributed by atoms with Crippen molar-refractivity contribution in [2.24, 2.45) is 7.05 Å². The predicted molar refractivity (Wildman–Crippen MR) is 117 cm³/mol. The van der Waals surface area contributed by atoms with Crippen molar-refractivity contribution in [3.05, 3.63) is 90.4 Å². The zero-order chi connectivity index (χ0) is 21.2. The Balaban J connectivity index is 1.36. The van der Waals surface area contributed by atoms with Crippen LogP contribution in [0.4, 0.5) is 0 Å². The summed E-state index contributed by atoms with van der Waals surface area (Å²) in [6.07, 6.45) is 5.28. The summed E-state index contributed by atoms with van der Waals surface area (Å²) in [5.74, 6) is 0.478. The molecule has 0 fully saturated rings. The second-order valence-corrected chi connectivity index (χ2v) is 7.21. The van der Waals surface area contributed by atoms with Crippen LogP contribution in [0.25, 0.3) is 33.5 Å². The fraction of sp³-hybridized carbons (Fsp3) is 0.0833. The van der Waals surface area contributed by atoms with Gasteiger partial charge in [0.2, 0.25) is 0 Å². The van der Waals surface area contributed by atoms with Gasteiger partial charge in [-0.3, -0.25) is 14.5 Å². The van der Waals surface area contributed by atoms with Crippen molar-refractivity contribution in [2.45, 2.75) is 6.54 Å². The van der Waals surface area contributed by atoms with E-state index >= 15 is 0 Å². The van der Waals surface area contributed by atoms with E-state index in [9.17, 15) is 4.79 Å². The minimum absolute atomic E-state index is 0.173. The van der Waals surface area contributed by atoms with Gasteiger partial charge in [0, 0.05) is 48.9 Å². The number of carbonyl (C=O) groups is 1. The molecule has 0 aliphatic carbocycles. The maximum atomic E-state index is 12.8. The molecule has 3 aromatic heterocycles. The molecule has 5 rings (SSSR count). The first-order chi connectivity index (χ1) is 15.2. The highest BCUT2D eigenvalue weighted by Gasteiger charge is 2.14. The van der Waals surface area contributed by atoms with Crippen molar-refractivity contribution in [2.75, 3.05) is 0 Å². The Morgan fingerprint density at radius 3 is 2.71 bits per heavy atom. The van der Waals surface area contributed by atoms with Crippen molar-refractivity contribution < 1.29 is 9.32 Å². The molecular weight excluding hydrogens is 390 g/mol. The number of aromatic nitrogens is 4. The Labute approximate surface area is 178 Å². The topological polar surface area (TPSA) is 85.8 Å². The molecule has 0 saturated heterocycles. The molecule has 0 saturated carbocycles. The SMILES string of the molecule is Cn1nccc1-c1cncc(CNC(=O)c2ccc3noc(-c4ccccc4)c3c2)c1. The van der Waals surface area contributed by atoms with Crippen molar-refractivity contribution in [3.63, 3.8) is 0 Å². The lowest BCUT2D eigenvalue weighted by atomic mass is 10.1. The lowest BCUT2D eigenvalue weighted by Crippen LogP contribution is -2.22. The first-order valence-corrected chi connectivity index (χ1v) is 9.84. The second-order valence-electron chi connectivity index (χ2n) is 7.21. The van der Waals surface area contributed by atoms with Crippen LogP contribution in [0.2, 0.25) is 0 Å². The normalized spacial score (nSPS) is 11.0. The fourth-order valence-electron chi connectivity index (χ4n) is 3.55. The first kappa shape index (κ1) is 18.7. The minimum atomic E-state index is -0.173. The molecule has 0 spiro atoms. The standard InChI is InChI=1S/C24H19N5O2/c1-29-22(9-10-27-29)19-11-16(13-25-15-19)14-26-24(30)18-7-8-21-20(12-18)23(31-28-21)17-5-3-2-4-6-17/h2-13,15H,14H2,1H3,(H,26,30). The highest BCUT2D eigenvalue weighted by atomic mass is 16.5. The van der Waals surface area contributed by atoms with Gasteiger partial charge in [0.05, 0.1) is 11.1 Å². The molecule has 31 heavy (non-hydrogen) atoms. The number of hydrogen-bond acceptors (Lipinski definition) is 5. The van der Waals surface area contributed by atoms with Crippen LogP contribution in [0.1, 0.15) is 15.9 Å². The Bertz CT molecular complexity index is 1370. The Morgan fingerprint density at radius 1 is 1.03 bits per heavy atom. The number of carbonyl (C=O) groups excluding carboxylic acids is 1. The molecule has 2 aromatic carbocycles. The van der Waals surface area contributed by atoms with Crippen LogP contribution in [0, 0.1) is 0 Å². The molecule has 1 amide bonds. The summed E-state index contributed by atoms with van der Waals surface area (Å²) in [6.45, 7) is 0.366. The molecule has 0 unspecified atom stereocenters. The van der Waals surface area contributed by atoms with E-state index in [1.807, 2.05) is 55.6 Å². The summed E-state index contributed by atoms with van der Waals surface area (Å²) in [4.78, 5) is 17.1. The van der Waals surface area contributed by atoms with Gasteiger partial charge >= 0.3 is 0 Å². The van der Waals surface area contributed by atoms with Crippen LogP contribution in [0.5, 0.6) is 0 Å². The molecular formula is C24H19N5O2. The van der Waals surface area contributed by atoms with E-state index in [2.05, 4.69) is 20.6 Å². The van der Waals surface area contributed by atoms with E-state index in [1.165, 1.54) is 0 Å². The summed E-state index contributed by atoms with van der Waals surface area (Å²) < 4.78 is 7.32. The highest BCUT2D eigenvalue weighted by Crippen LogP contribution is 2.29. The maximum Gasteiger partial charge on any atom is 0.251 e.